The van der Waals surface area contributed by atoms with Crippen molar-refractivity contribution in [1.29, 1.82) is 0 Å². The van der Waals surface area contributed by atoms with Crippen LogP contribution in [0.1, 0.15) is 17.2 Å². The van der Waals surface area contributed by atoms with Gasteiger partial charge in [0.25, 0.3) is 0 Å². The molecular formula is C15H14BrIO. The van der Waals surface area contributed by atoms with Crippen molar-refractivity contribution in [1.82, 2.24) is 0 Å². The van der Waals surface area contributed by atoms with Gasteiger partial charge in [-0.15, -0.1) is 0 Å². The molecule has 1 atom stereocenters. The molecule has 0 aliphatic carbocycles. The second-order valence-electron chi connectivity index (χ2n) is 3.99. The van der Waals surface area contributed by atoms with Crippen LogP contribution in [-0.4, -0.2) is 4.43 Å². The van der Waals surface area contributed by atoms with Crippen molar-refractivity contribution in [3.05, 3.63) is 70.2 Å². The number of benzene rings is 2. The van der Waals surface area contributed by atoms with E-state index in [1.807, 2.05) is 30.3 Å². The van der Waals surface area contributed by atoms with E-state index in [0.717, 1.165) is 8.90 Å². The topological polar surface area (TPSA) is 9.23 Å². The van der Waals surface area contributed by atoms with E-state index in [1.165, 1.54) is 11.1 Å². The number of ether oxygens (including phenoxy) is 1. The molecule has 0 heterocycles. The van der Waals surface area contributed by atoms with Gasteiger partial charge in [-0.2, -0.15) is 0 Å². The molecule has 0 saturated heterocycles. The van der Waals surface area contributed by atoms with Gasteiger partial charge in [-0.25, -0.2) is 0 Å². The molecule has 3 heteroatoms. The first kappa shape index (κ1) is 14.0. The lowest BCUT2D eigenvalue weighted by atomic mass is 10.1. The van der Waals surface area contributed by atoms with E-state index in [4.69, 9.17) is 4.74 Å². The zero-order valence-electron chi connectivity index (χ0n) is 9.85. The molecule has 0 N–H and O–H groups in total. The second kappa shape index (κ2) is 7.26. The highest BCUT2D eigenvalue weighted by Crippen LogP contribution is 2.24. The van der Waals surface area contributed by atoms with Gasteiger partial charge in [0.1, 0.15) is 0 Å². The molecule has 2 aromatic carbocycles. The zero-order valence-corrected chi connectivity index (χ0v) is 13.6. The van der Waals surface area contributed by atoms with E-state index in [2.05, 4.69) is 62.8 Å². The van der Waals surface area contributed by atoms with Crippen molar-refractivity contribution in [3.8, 4) is 0 Å². The molecule has 0 aliphatic rings. The van der Waals surface area contributed by atoms with E-state index in [1.54, 1.807) is 0 Å². The van der Waals surface area contributed by atoms with Crippen molar-refractivity contribution in [2.75, 3.05) is 4.43 Å². The van der Waals surface area contributed by atoms with Crippen LogP contribution in [0.2, 0.25) is 0 Å². The molecule has 0 amide bonds. The van der Waals surface area contributed by atoms with Crippen LogP contribution in [0.4, 0.5) is 0 Å². The Kier molecular flexibility index (Phi) is 5.66. The molecule has 0 spiro atoms. The van der Waals surface area contributed by atoms with Crippen LogP contribution in [-0.2, 0) is 11.3 Å². The number of alkyl halides is 1. The zero-order chi connectivity index (χ0) is 12.8. The first-order valence-electron chi connectivity index (χ1n) is 5.76. The Morgan fingerprint density at radius 1 is 1.06 bits per heavy atom. The molecule has 2 rings (SSSR count). The van der Waals surface area contributed by atoms with Crippen molar-refractivity contribution in [3.63, 3.8) is 0 Å². The van der Waals surface area contributed by atoms with Crippen molar-refractivity contribution >= 4 is 38.5 Å². The minimum absolute atomic E-state index is 0.142. The number of hydrogen-bond donors (Lipinski definition) is 0. The Morgan fingerprint density at radius 2 is 1.83 bits per heavy atom. The maximum absolute atomic E-state index is 5.99. The molecule has 0 aromatic heterocycles. The smallest absolute Gasteiger partial charge is 0.0919 e. The fourth-order valence-corrected chi connectivity index (χ4v) is 2.89. The molecule has 0 bridgehead atoms. The summed E-state index contributed by atoms with van der Waals surface area (Å²) in [4.78, 5) is 0. The lowest BCUT2D eigenvalue weighted by Crippen LogP contribution is -2.05. The standard InChI is InChI=1S/C15H14BrIO/c16-14-8-4-7-13(9-14)15(10-17)18-11-12-5-2-1-3-6-12/h1-9,15H,10-11H2. The van der Waals surface area contributed by atoms with E-state index >= 15 is 0 Å². The molecule has 0 saturated carbocycles. The molecular weight excluding hydrogens is 403 g/mol. The highest BCUT2D eigenvalue weighted by Gasteiger charge is 2.10. The fourth-order valence-electron chi connectivity index (χ4n) is 1.71. The Balaban J connectivity index is 2.02. The summed E-state index contributed by atoms with van der Waals surface area (Å²) < 4.78 is 8.03. The minimum Gasteiger partial charge on any atom is -0.368 e. The Morgan fingerprint density at radius 3 is 2.50 bits per heavy atom. The first-order valence-corrected chi connectivity index (χ1v) is 8.08. The molecule has 0 fully saturated rings. The van der Waals surface area contributed by atoms with Crippen LogP contribution in [0.5, 0.6) is 0 Å². The molecule has 0 radical (unpaired) electrons. The maximum Gasteiger partial charge on any atom is 0.0919 e. The van der Waals surface area contributed by atoms with Gasteiger partial charge in [0.05, 0.1) is 12.7 Å². The average Bonchev–Trinajstić information content (AvgIpc) is 2.41. The summed E-state index contributed by atoms with van der Waals surface area (Å²) in [7, 11) is 0. The Bertz CT molecular complexity index is 487. The quantitative estimate of drug-likeness (QED) is 0.484. The van der Waals surface area contributed by atoms with Crippen LogP contribution in [0.3, 0.4) is 0 Å². The van der Waals surface area contributed by atoms with Gasteiger partial charge in [-0.1, -0.05) is 81.0 Å². The number of halogens is 2. The van der Waals surface area contributed by atoms with Crippen molar-refractivity contribution < 1.29 is 4.74 Å². The van der Waals surface area contributed by atoms with Crippen LogP contribution >= 0.6 is 38.5 Å². The van der Waals surface area contributed by atoms with Crippen LogP contribution in [0, 0.1) is 0 Å². The van der Waals surface area contributed by atoms with Gasteiger partial charge in [0, 0.05) is 8.90 Å². The largest absolute Gasteiger partial charge is 0.368 e. The van der Waals surface area contributed by atoms with Crippen molar-refractivity contribution in [2.24, 2.45) is 0 Å². The van der Waals surface area contributed by atoms with Gasteiger partial charge in [-0.3, -0.25) is 0 Å². The minimum atomic E-state index is 0.142. The molecule has 1 nitrogen and oxygen atoms in total. The Labute approximate surface area is 130 Å². The third-order valence-corrected chi connectivity index (χ3v) is 3.95. The normalized spacial score (nSPS) is 12.3. The predicted octanol–water partition coefficient (Wildman–Crippen LogP) is 5.14. The molecule has 18 heavy (non-hydrogen) atoms. The summed E-state index contributed by atoms with van der Waals surface area (Å²) in [6.45, 7) is 0.654. The van der Waals surface area contributed by atoms with Crippen LogP contribution < -0.4 is 0 Å². The SMILES string of the molecule is Brc1cccc(C(CI)OCc2ccccc2)c1. The van der Waals surface area contributed by atoms with Crippen LogP contribution in [0.15, 0.2) is 59.1 Å². The molecule has 94 valence electrons. The maximum atomic E-state index is 5.99. The highest BCUT2D eigenvalue weighted by molar-refractivity contribution is 14.1. The van der Waals surface area contributed by atoms with E-state index in [9.17, 15) is 0 Å². The fraction of sp³-hybridized carbons (Fsp3) is 0.200. The summed E-state index contributed by atoms with van der Waals surface area (Å²) in [5.41, 5.74) is 2.43. The molecule has 0 aliphatic heterocycles. The van der Waals surface area contributed by atoms with Gasteiger partial charge < -0.3 is 4.74 Å². The van der Waals surface area contributed by atoms with Gasteiger partial charge >= 0.3 is 0 Å². The monoisotopic (exact) mass is 416 g/mol. The second-order valence-corrected chi connectivity index (χ2v) is 5.79. The lowest BCUT2D eigenvalue weighted by Gasteiger charge is -2.16. The van der Waals surface area contributed by atoms with E-state index in [0.29, 0.717) is 6.61 Å². The summed E-state index contributed by atoms with van der Waals surface area (Å²) in [6.07, 6.45) is 0.142. The first-order chi connectivity index (χ1) is 8.79. The summed E-state index contributed by atoms with van der Waals surface area (Å²) >= 11 is 5.86. The summed E-state index contributed by atoms with van der Waals surface area (Å²) in [5.74, 6) is 0. The molecule has 1 unspecified atom stereocenters. The third kappa shape index (κ3) is 4.07. The van der Waals surface area contributed by atoms with Gasteiger partial charge in [0.2, 0.25) is 0 Å². The predicted molar refractivity (Wildman–Crippen MR) is 87.0 cm³/mol. The Hall–Kier alpha value is -0.390. The highest BCUT2D eigenvalue weighted by atomic mass is 127. The summed E-state index contributed by atoms with van der Waals surface area (Å²) in [6, 6.07) is 18.6. The van der Waals surface area contributed by atoms with E-state index < -0.39 is 0 Å². The molecule has 2 aromatic rings. The van der Waals surface area contributed by atoms with Gasteiger partial charge in [0.15, 0.2) is 0 Å². The van der Waals surface area contributed by atoms with Gasteiger partial charge in [-0.05, 0) is 23.3 Å². The number of rotatable bonds is 5. The summed E-state index contributed by atoms with van der Waals surface area (Å²) in [5, 5.41) is 0. The van der Waals surface area contributed by atoms with Crippen LogP contribution in [0.25, 0.3) is 0 Å². The average molecular weight is 417 g/mol. The van der Waals surface area contributed by atoms with Crippen molar-refractivity contribution in [2.45, 2.75) is 12.7 Å². The lowest BCUT2D eigenvalue weighted by molar-refractivity contribution is 0.0577. The number of hydrogen-bond acceptors (Lipinski definition) is 1. The van der Waals surface area contributed by atoms with E-state index in [-0.39, 0.29) is 6.10 Å². The third-order valence-electron chi connectivity index (χ3n) is 2.65.